The summed E-state index contributed by atoms with van der Waals surface area (Å²) in [4.78, 5) is 16.3. The normalized spacial score (nSPS) is 20.0. The largest absolute Gasteiger partial charge is 0.376 e. The van der Waals surface area contributed by atoms with Crippen molar-refractivity contribution in [3.8, 4) is 0 Å². The summed E-state index contributed by atoms with van der Waals surface area (Å²) in [5.74, 6) is 0.0835. The first-order chi connectivity index (χ1) is 7.66. The Morgan fingerprint density at radius 3 is 3.06 bits per heavy atom. The van der Waals surface area contributed by atoms with Crippen LogP contribution in [0, 0.1) is 6.92 Å². The maximum absolute atomic E-state index is 11.3. The van der Waals surface area contributed by atoms with Gasteiger partial charge in [0.1, 0.15) is 0 Å². The number of aromatic nitrogens is 1. The number of hydrogen-bond donors (Lipinski definition) is 1. The Morgan fingerprint density at radius 1 is 1.69 bits per heavy atom. The number of carbonyl (C=O) groups excluding carboxylic acids is 1. The Morgan fingerprint density at radius 2 is 2.50 bits per heavy atom. The number of hydrogen-bond acceptors (Lipinski definition) is 5. The van der Waals surface area contributed by atoms with Gasteiger partial charge in [0.15, 0.2) is 10.9 Å². The van der Waals surface area contributed by atoms with Crippen LogP contribution in [0.25, 0.3) is 0 Å². The minimum Gasteiger partial charge on any atom is -0.376 e. The molecule has 0 amide bonds. The maximum atomic E-state index is 11.3. The molecule has 0 bridgehead atoms. The molecule has 2 rings (SSSR count). The molecule has 0 unspecified atom stereocenters. The molecule has 4 nitrogen and oxygen atoms in total. The van der Waals surface area contributed by atoms with Gasteiger partial charge in [-0.25, -0.2) is 4.98 Å². The Hall–Kier alpha value is -0.940. The lowest BCUT2D eigenvalue weighted by Gasteiger charge is -2.08. The summed E-state index contributed by atoms with van der Waals surface area (Å²) in [5, 5.41) is 4.05. The van der Waals surface area contributed by atoms with Crippen LogP contribution in [0.3, 0.4) is 0 Å². The maximum Gasteiger partial charge on any atom is 0.183 e. The Labute approximate surface area is 99.0 Å². The number of thiazole rings is 1. The molecule has 1 saturated heterocycles. The van der Waals surface area contributed by atoms with Gasteiger partial charge in [-0.15, -0.1) is 0 Å². The molecular formula is C11H16N2O2S. The lowest BCUT2D eigenvalue weighted by Crippen LogP contribution is -2.18. The first-order valence-corrected chi connectivity index (χ1v) is 6.32. The molecule has 0 radical (unpaired) electrons. The van der Waals surface area contributed by atoms with Gasteiger partial charge in [-0.1, -0.05) is 11.3 Å². The van der Waals surface area contributed by atoms with Crippen molar-refractivity contribution in [2.75, 3.05) is 18.5 Å². The lowest BCUT2D eigenvalue weighted by molar-refractivity contribution is 0.102. The van der Waals surface area contributed by atoms with E-state index in [-0.39, 0.29) is 5.78 Å². The Bertz CT molecular complexity index is 383. The van der Waals surface area contributed by atoms with Crippen LogP contribution in [-0.4, -0.2) is 30.0 Å². The Balaban J connectivity index is 1.94. The van der Waals surface area contributed by atoms with Gasteiger partial charge in [0, 0.05) is 20.1 Å². The Kier molecular flexibility index (Phi) is 3.56. The molecule has 0 spiro atoms. The van der Waals surface area contributed by atoms with E-state index in [0.29, 0.717) is 6.10 Å². The van der Waals surface area contributed by atoms with Crippen LogP contribution in [0.15, 0.2) is 0 Å². The van der Waals surface area contributed by atoms with E-state index in [4.69, 9.17) is 4.74 Å². The molecule has 16 heavy (non-hydrogen) atoms. The van der Waals surface area contributed by atoms with Crippen LogP contribution >= 0.6 is 11.3 Å². The van der Waals surface area contributed by atoms with Gasteiger partial charge >= 0.3 is 0 Å². The predicted octanol–water partition coefficient (Wildman–Crippen LogP) is 2.25. The van der Waals surface area contributed by atoms with Gasteiger partial charge in [-0.3, -0.25) is 4.79 Å². The second kappa shape index (κ2) is 4.93. The highest BCUT2D eigenvalue weighted by molar-refractivity contribution is 7.17. The molecule has 1 aliphatic rings. The van der Waals surface area contributed by atoms with Crippen molar-refractivity contribution in [3.05, 3.63) is 10.6 Å². The summed E-state index contributed by atoms with van der Waals surface area (Å²) < 4.78 is 5.51. The number of ether oxygens (including phenoxy) is 1. The molecular weight excluding hydrogens is 224 g/mol. The quantitative estimate of drug-likeness (QED) is 0.820. The molecule has 1 aromatic heterocycles. The third-order valence-corrected chi connectivity index (χ3v) is 3.84. The van der Waals surface area contributed by atoms with E-state index in [0.717, 1.165) is 41.7 Å². The fourth-order valence-corrected chi connectivity index (χ4v) is 2.67. The van der Waals surface area contributed by atoms with Crippen molar-refractivity contribution in [1.29, 1.82) is 0 Å². The van der Waals surface area contributed by atoms with E-state index in [1.54, 1.807) is 6.92 Å². The number of Topliss-reactive ketones (excluding diaryl/α,β-unsaturated/α-hetero) is 1. The molecule has 88 valence electrons. The van der Waals surface area contributed by atoms with Gasteiger partial charge in [0.25, 0.3) is 0 Å². The molecule has 1 atom stereocenters. The molecule has 5 heteroatoms. The van der Waals surface area contributed by atoms with Crippen LogP contribution in [0.2, 0.25) is 0 Å². The summed E-state index contributed by atoms with van der Waals surface area (Å²) in [6.07, 6.45) is 2.55. The second-order valence-corrected chi connectivity index (χ2v) is 5.00. The lowest BCUT2D eigenvalue weighted by atomic mass is 10.2. The molecule has 2 heterocycles. The zero-order valence-corrected chi connectivity index (χ0v) is 10.4. The highest BCUT2D eigenvalue weighted by atomic mass is 32.1. The fourth-order valence-electron chi connectivity index (χ4n) is 1.81. The molecule has 1 N–H and O–H groups in total. The van der Waals surface area contributed by atoms with E-state index < -0.39 is 0 Å². The van der Waals surface area contributed by atoms with Crippen LogP contribution in [0.4, 0.5) is 5.13 Å². The standard InChI is InChI=1S/C11H16N2O2S/c1-7-10(8(2)14)16-11(13-7)12-6-9-4-3-5-15-9/h9H,3-6H2,1-2H3,(H,12,13)/t9-/m1/s1. The van der Waals surface area contributed by atoms with Crippen LogP contribution in [0.5, 0.6) is 0 Å². The molecule has 0 aromatic carbocycles. The van der Waals surface area contributed by atoms with Crippen LogP contribution < -0.4 is 5.32 Å². The summed E-state index contributed by atoms with van der Waals surface area (Å²) in [7, 11) is 0. The highest BCUT2D eigenvalue weighted by Gasteiger charge is 2.16. The first kappa shape index (κ1) is 11.5. The summed E-state index contributed by atoms with van der Waals surface area (Å²) in [6, 6.07) is 0. The third kappa shape index (κ3) is 2.59. The molecule has 1 fully saturated rings. The monoisotopic (exact) mass is 240 g/mol. The molecule has 1 aromatic rings. The topological polar surface area (TPSA) is 51.2 Å². The van der Waals surface area contributed by atoms with Gasteiger partial charge in [0.2, 0.25) is 0 Å². The molecule has 0 saturated carbocycles. The predicted molar refractivity (Wildman–Crippen MR) is 64.3 cm³/mol. The SMILES string of the molecule is CC(=O)c1sc(NC[C@H]2CCCO2)nc1C. The van der Waals surface area contributed by atoms with E-state index in [9.17, 15) is 4.79 Å². The second-order valence-electron chi connectivity index (χ2n) is 4.01. The average molecular weight is 240 g/mol. The van der Waals surface area contributed by atoms with Gasteiger partial charge in [-0.05, 0) is 19.8 Å². The number of aryl methyl sites for hydroxylation is 1. The van der Waals surface area contributed by atoms with Gasteiger partial charge in [0.05, 0.1) is 16.7 Å². The smallest absolute Gasteiger partial charge is 0.183 e. The highest BCUT2D eigenvalue weighted by Crippen LogP contribution is 2.23. The number of nitrogens with zero attached hydrogens (tertiary/aromatic N) is 1. The van der Waals surface area contributed by atoms with Crippen molar-refractivity contribution in [1.82, 2.24) is 4.98 Å². The zero-order valence-electron chi connectivity index (χ0n) is 9.58. The first-order valence-electron chi connectivity index (χ1n) is 5.50. The van der Waals surface area contributed by atoms with E-state index in [1.165, 1.54) is 11.3 Å². The number of nitrogens with one attached hydrogen (secondary N) is 1. The summed E-state index contributed by atoms with van der Waals surface area (Å²) in [5.41, 5.74) is 0.812. The molecule has 0 aliphatic carbocycles. The van der Waals surface area contributed by atoms with Crippen molar-refractivity contribution >= 4 is 22.3 Å². The third-order valence-electron chi connectivity index (χ3n) is 2.62. The van der Waals surface area contributed by atoms with Crippen molar-refractivity contribution in [2.45, 2.75) is 32.8 Å². The van der Waals surface area contributed by atoms with Crippen molar-refractivity contribution < 1.29 is 9.53 Å². The van der Waals surface area contributed by atoms with Gasteiger partial charge in [-0.2, -0.15) is 0 Å². The number of anilines is 1. The zero-order chi connectivity index (χ0) is 11.5. The summed E-state index contributed by atoms with van der Waals surface area (Å²) >= 11 is 1.42. The number of ketones is 1. The van der Waals surface area contributed by atoms with E-state index in [1.807, 2.05) is 6.92 Å². The van der Waals surface area contributed by atoms with E-state index in [2.05, 4.69) is 10.3 Å². The number of rotatable bonds is 4. The van der Waals surface area contributed by atoms with Crippen molar-refractivity contribution in [2.24, 2.45) is 0 Å². The summed E-state index contributed by atoms with van der Waals surface area (Å²) in [6.45, 7) is 5.08. The van der Waals surface area contributed by atoms with Crippen LogP contribution in [0.1, 0.15) is 35.1 Å². The van der Waals surface area contributed by atoms with E-state index >= 15 is 0 Å². The molecule has 1 aliphatic heterocycles. The number of carbonyl (C=O) groups is 1. The van der Waals surface area contributed by atoms with Crippen LogP contribution in [-0.2, 0) is 4.74 Å². The minimum atomic E-state index is 0.0835. The van der Waals surface area contributed by atoms with Crippen molar-refractivity contribution in [3.63, 3.8) is 0 Å². The average Bonchev–Trinajstić information content (AvgIpc) is 2.83. The fraction of sp³-hybridized carbons (Fsp3) is 0.636. The minimum absolute atomic E-state index is 0.0835. The van der Waals surface area contributed by atoms with Gasteiger partial charge < -0.3 is 10.1 Å².